The van der Waals surface area contributed by atoms with Gasteiger partial charge in [-0.3, -0.25) is 9.59 Å². The topological polar surface area (TPSA) is 89.5 Å². The molecular formula is C30H45F3O8. The number of hydrogen-bond donors (Lipinski definition) is 0. The van der Waals surface area contributed by atoms with Gasteiger partial charge in [-0.25, -0.2) is 0 Å². The van der Waals surface area contributed by atoms with Gasteiger partial charge in [0.25, 0.3) is 0 Å². The zero-order valence-corrected chi connectivity index (χ0v) is 25.0. The highest BCUT2D eigenvalue weighted by Gasteiger charge is 2.68. The zero-order chi connectivity index (χ0) is 30.0. The summed E-state index contributed by atoms with van der Waals surface area (Å²) in [4.78, 5) is 44.6. The molecule has 234 valence electrons. The Morgan fingerprint density at radius 3 is 2.27 bits per heavy atom. The highest BCUT2D eigenvalue weighted by molar-refractivity contribution is 5.69. The molecule has 0 radical (unpaired) electrons. The molecular weight excluding hydrogens is 545 g/mol. The molecule has 41 heavy (non-hydrogen) atoms. The molecule has 11 heteroatoms. The number of ether oxygens (including phenoxy) is 2. The predicted molar refractivity (Wildman–Crippen MR) is 138 cm³/mol. The van der Waals surface area contributed by atoms with Crippen molar-refractivity contribution in [2.24, 2.45) is 46.3 Å². The highest BCUT2D eigenvalue weighted by Crippen LogP contribution is 2.70. The molecule has 4 aliphatic carbocycles. The molecule has 5 fully saturated rings. The fraction of sp³-hybridized carbons (Fsp3) is 0.933. The summed E-state index contributed by atoms with van der Waals surface area (Å²) in [6, 6.07) is 0. The number of halogens is 3. The Morgan fingerprint density at radius 1 is 0.976 bits per heavy atom. The first-order valence-corrected chi connectivity index (χ1v) is 15.1. The Labute approximate surface area is 240 Å². The maximum Gasteiger partial charge on any atom is 0.448 e. The van der Waals surface area contributed by atoms with Crippen LogP contribution in [-0.2, 0) is 38.6 Å². The van der Waals surface area contributed by atoms with Crippen LogP contribution in [0.1, 0.15) is 98.8 Å². The van der Waals surface area contributed by atoms with Gasteiger partial charge < -0.3 is 9.47 Å². The second-order valence-corrected chi connectivity index (χ2v) is 14.0. The van der Waals surface area contributed by atoms with Crippen molar-refractivity contribution in [2.75, 3.05) is 7.11 Å². The van der Waals surface area contributed by atoms with Crippen molar-refractivity contribution >= 4 is 11.9 Å². The SMILES string of the molecule is COC(=O)CC[C@@H](C)[C@H]1CCC2C3CC[C@@H]4CC5(CC[C@]4(C)C3C[C@H](OC(C)=O)[C@@]21C)OOC(C)(C(F)(F)F)OO5. The van der Waals surface area contributed by atoms with Crippen LogP contribution in [0, 0.1) is 46.3 Å². The van der Waals surface area contributed by atoms with Gasteiger partial charge in [0.2, 0.25) is 5.79 Å². The van der Waals surface area contributed by atoms with E-state index in [4.69, 9.17) is 29.0 Å². The molecule has 4 saturated carbocycles. The van der Waals surface area contributed by atoms with Gasteiger partial charge >= 0.3 is 23.9 Å². The molecule has 0 aromatic carbocycles. The molecule has 9 atom stereocenters. The van der Waals surface area contributed by atoms with Gasteiger partial charge in [-0.05, 0) is 85.9 Å². The maximum atomic E-state index is 13.4. The number of carbonyl (C=O) groups is 2. The zero-order valence-electron chi connectivity index (χ0n) is 25.0. The molecule has 0 amide bonds. The van der Waals surface area contributed by atoms with E-state index < -0.39 is 17.8 Å². The Balaban J connectivity index is 1.35. The Kier molecular flexibility index (Phi) is 8.04. The van der Waals surface area contributed by atoms with Crippen molar-refractivity contribution in [1.82, 2.24) is 0 Å². The fourth-order valence-electron chi connectivity index (χ4n) is 9.70. The van der Waals surface area contributed by atoms with E-state index in [2.05, 4.69) is 20.8 Å². The summed E-state index contributed by atoms with van der Waals surface area (Å²) < 4.78 is 51.1. The molecule has 1 saturated heterocycles. The number of fused-ring (bicyclic) bond motifs is 5. The summed E-state index contributed by atoms with van der Waals surface area (Å²) in [6.45, 7) is 8.99. The summed E-state index contributed by atoms with van der Waals surface area (Å²) in [5, 5.41) is 0. The third kappa shape index (κ3) is 5.10. The van der Waals surface area contributed by atoms with Crippen molar-refractivity contribution in [1.29, 1.82) is 0 Å². The van der Waals surface area contributed by atoms with E-state index in [0.717, 1.165) is 45.4 Å². The third-order valence-corrected chi connectivity index (χ3v) is 12.1. The molecule has 8 nitrogen and oxygen atoms in total. The second kappa shape index (κ2) is 10.6. The number of carbonyl (C=O) groups excluding carboxylic acids is 2. The van der Waals surface area contributed by atoms with E-state index in [1.54, 1.807) is 0 Å². The first-order chi connectivity index (χ1) is 19.1. The predicted octanol–water partition coefficient (Wildman–Crippen LogP) is 6.66. The van der Waals surface area contributed by atoms with E-state index in [0.29, 0.717) is 43.4 Å². The van der Waals surface area contributed by atoms with Crippen LogP contribution in [0.4, 0.5) is 13.2 Å². The van der Waals surface area contributed by atoms with Gasteiger partial charge in [0.1, 0.15) is 6.10 Å². The van der Waals surface area contributed by atoms with Gasteiger partial charge in [0, 0.05) is 38.5 Å². The van der Waals surface area contributed by atoms with E-state index in [-0.39, 0.29) is 46.6 Å². The lowest BCUT2D eigenvalue weighted by atomic mass is 9.43. The smallest absolute Gasteiger partial charge is 0.448 e. The van der Waals surface area contributed by atoms with Gasteiger partial charge in [0.15, 0.2) is 0 Å². The molecule has 0 aromatic heterocycles. The number of alkyl halides is 3. The summed E-state index contributed by atoms with van der Waals surface area (Å²) in [5.74, 6) is -3.00. The minimum atomic E-state index is -4.81. The first-order valence-electron chi connectivity index (χ1n) is 15.1. The standard InChI is InChI=1S/C30H45F3O8/c1-17(7-12-25(35)36-6)21-10-11-22-20-9-8-19-16-29(40-38-28(5,39-41-29)30(31,32)33)14-13-26(19,3)23(20)15-24(27(21,22)4)37-18(2)34/h17,19-24H,7-16H2,1-6H3/t17-,19-,20?,21-,22?,23?,24+,26+,27-,28?,29?/m1/s1. The molecule has 5 aliphatic rings. The van der Waals surface area contributed by atoms with Crippen LogP contribution in [0.2, 0.25) is 0 Å². The summed E-state index contributed by atoms with van der Waals surface area (Å²) in [7, 11) is 1.41. The van der Waals surface area contributed by atoms with Gasteiger partial charge in [-0.15, -0.1) is 0 Å². The van der Waals surface area contributed by atoms with Crippen molar-refractivity contribution in [3.8, 4) is 0 Å². The first kappa shape index (κ1) is 31.0. The van der Waals surface area contributed by atoms with E-state index in [1.165, 1.54) is 14.0 Å². The molecule has 0 N–H and O–H groups in total. The Morgan fingerprint density at radius 2 is 1.66 bits per heavy atom. The van der Waals surface area contributed by atoms with E-state index in [9.17, 15) is 22.8 Å². The van der Waals surface area contributed by atoms with Gasteiger partial charge in [0.05, 0.1) is 7.11 Å². The highest BCUT2D eigenvalue weighted by atomic mass is 19.4. The normalized spacial score (nSPS) is 46.7. The average molecular weight is 591 g/mol. The number of rotatable bonds is 5. The lowest BCUT2D eigenvalue weighted by molar-refractivity contribution is -0.683. The summed E-state index contributed by atoms with van der Waals surface area (Å²) in [6.07, 6.45) is 2.15. The second-order valence-electron chi connectivity index (χ2n) is 14.0. The number of esters is 2. The van der Waals surface area contributed by atoms with Gasteiger partial charge in [-0.2, -0.15) is 32.7 Å². The molecule has 3 unspecified atom stereocenters. The molecule has 0 bridgehead atoms. The summed E-state index contributed by atoms with van der Waals surface area (Å²) >= 11 is 0. The van der Waals surface area contributed by atoms with Crippen LogP contribution < -0.4 is 0 Å². The van der Waals surface area contributed by atoms with Crippen LogP contribution in [0.25, 0.3) is 0 Å². The molecule has 5 rings (SSSR count). The van der Waals surface area contributed by atoms with Crippen molar-refractivity contribution in [3.05, 3.63) is 0 Å². The molecule has 1 aliphatic heterocycles. The molecule has 1 heterocycles. The number of methoxy groups -OCH3 is 1. The van der Waals surface area contributed by atoms with Crippen LogP contribution in [0.15, 0.2) is 0 Å². The van der Waals surface area contributed by atoms with Gasteiger partial charge in [-0.1, -0.05) is 20.8 Å². The minimum Gasteiger partial charge on any atom is -0.469 e. The van der Waals surface area contributed by atoms with E-state index >= 15 is 0 Å². The van der Waals surface area contributed by atoms with Crippen LogP contribution >= 0.6 is 0 Å². The Bertz CT molecular complexity index is 1010. The van der Waals surface area contributed by atoms with Crippen molar-refractivity contribution in [2.45, 2.75) is 123 Å². The third-order valence-electron chi connectivity index (χ3n) is 12.1. The largest absolute Gasteiger partial charge is 0.469 e. The van der Waals surface area contributed by atoms with Crippen molar-refractivity contribution in [3.63, 3.8) is 0 Å². The quantitative estimate of drug-likeness (QED) is 0.259. The monoisotopic (exact) mass is 590 g/mol. The van der Waals surface area contributed by atoms with Crippen LogP contribution in [-0.4, -0.2) is 42.9 Å². The Hall–Kier alpha value is -1.43. The van der Waals surface area contributed by atoms with Crippen LogP contribution in [0.3, 0.4) is 0 Å². The number of hydrogen-bond acceptors (Lipinski definition) is 8. The fourth-order valence-corrected chi connectivity index (χ4v) is 9.70. The summed E-state index contributed by atoms with van der Waals surface area (Å²) in [5.41, 5.74) is -0.319. The minimum absolute atomic E-state index is 0.124. The van der Waals surface area contributed by atoms with Crippen molar-refractivity contribution < 1.29 is 51.8 Å². The van der Waals surface area contributed by atoms with E-state index in [1.807, 2.05) is 0 Å². The lowest BCUT2D eigenvalue weighted by Crippen LogP contribution is -2.63. The lowest BCUT2D eigenvalue weighted by Gasteiger charge is -2.63. The molecule has 1 spiro atoms. The maximum absolute atomic E-state index is 13.4. The van der Waals surface area contributed by atoms with Crippen LogP contribution in [0.5, 0.6) is 0 Å². The average Bonchev–Trinajstić information content (AvgIpc) is 3.27. The molecule has 0 aromatic rings.